The molecule has 2 aromatic rings. The minimum absolute atomic E-state index is 0.203. The van der Waals surface area contributed by atoms with Crippen LogP contribution in [0.3, 0.4) is 0 Å². The van der Waals surface area contributed by atoms with Crippen molar-refractivity contribution in [2.75, 3.05) is 12.3 Å². The summed E-state index contributed by atoms with van der Waals surface area (Å²) in [5.41, 5.74) is 5.92. The Balaban J connectivity index is 2.24. The number of hydrogen-bond donors (Lipinski definition) is 3. The van der Waals surface area contributed by atoms with Crippen LogP contribution in [0.5, 0.6) is 0 Å². The van der Waals surface area contributed by atoms with E-state index in [4.69, 9.17) is 5.73 Å². The Morgan fingerprint density at radius 1 is 1.30 bits per heavy atom. The number of hydrogen-bond acceptors (Lipinski definition) is 3. The molecule has 4 heteroatoms. The Kier molecular flexibility index (Phi) is 3.95. The number of fused-ring (bicyclic) bond motifs is 1. The number of carbonyl (C=O) groups is 1. The lowest BCUT2D eigenvalue weighted by atomic mass is 10.0. The SMILES string of the molecule is CCC(C)(O)CNC(=O)c1cc2ccccc2cc1N. The van der Waals surface area contributed by atoms with Gasteiger partial charge < -0.3 is 16.2 Å². The van der Waals surface area contributed by atoms with E-state index in [2.05, 4.69) is 5.32 Å². The summed E-state index contributed by atoms with van der Waals surface area (Å²) in [6.07, 6.45) is 0.570. The summed E-state index contributed by atoms with van der Waals surface area (Å²) in [6.45, 7) is 3.77. The number of anilines is 1. The maximum Gasteiger partial charge on any atom is 0.253 e. The summed E-state index contributed by atoms with van der Waals surface area (Å²) in [4.78, 5) is 12.2. The fraction of sp³-hybridized carbons (Fsp3) is 0.312. The fourth-order valence-corrected chi connectivity index (χ4v) is 1.95. The van der Waals surface area contributed by atoms with Crippen molar-refractivity contribution in [2.24, 2.45) is 0 Å². The molecule has 1 atom stereocenters. The van der Waals surface area contributed by atoms with E-state index in [0.717, 1.165) is 10.8 Å². The summed E-state index contributed by atoms with van der Waals surface area (Å²) in [7, 11) is 0. The number of aliphatic hydroxyl groups is 1. The highest BCUT2D eigenvalue weighted by Crippen LogP contribution is 2.22. The van der Waals surface area contributed by atoms with Gasteiger partial charge >= 0.3 is 0 Å². The van der Waals surface area contributed by atoms with Crippen LogP contribution in [0.15, 0.2) is 36.4 Å². The summed E-state index contributed by atoms with van der Waals surface area (Å²) in [5.74, 6) is -0.262. The zero-order valence-electron chi connectivity index (χ0n) is 11.8. The Morgan fingerprint density at radius 3 is 2.50 bits per heavy atom. The van der Waals surface area contributed by atoms with Crippen LogP contribution in [-0.2, 0) is 0 Å². The highest BCUT2D eigenvalue weighted by molar-refractivity contribution is 6.03. The predicted molar refractivity (Wildman–Crippen MR) is 81.6 cm³/mol. The zero-order chi connectivity index (χ0) is 14.8. The van der Waals surface area contributed by atoms with E-state index in [1.807, 2.05) is 31.2 Å². The van der Waals surface area contributed by atoms with E-state index < -0.39 is 5.60 Å². The van der Waals surface area contributed by atoms with Crippen LogP contribution < -0.4 is 11.1 Å². The molecule has 106 valence electrons. The number of carbonyl (C=O) groups excluding carboxylic acids is 1. The third kappa shape index (κ3) is 3.08. The highest BCUT2D eigenvalue weighted by atomic mass is 16.3. The van der Waals surface area contributed by atoms with E-state index in [1.54, 1.807) is 19.1 Å². The minimum Gasteiger partial charge on any atom is -0.398 e. The molecule has 1 amide bonds. The van der Waals surface area contributed by atoms with Gasteiger partial charge in [0, 0.05) is 12.2 Å². The second-order valence-corrected chi connectivity index (χ2v) is 5.32. The third-order valence-corrected chi connectivity index (χ3v) is 3.55. The summed E-state index contributed by atoms with van der Waals surface area (Å²) < 4.78 is 0. The van der Waals surface area contributed by atoms with Crippen molar-refractivity contribution in [1.29, 1.82) is 0 Å². The first-order valence-electron chi connectivity index (χ1n) is 6.72. The Bertz CT molecular complexity index is 635. The smallest absolute Gasteiger partial charge is 0.253 e. The zero-order valence-corrected chi connectivity index (χ0v) is 11.8. The van der Waals surface area contributed by atoms with E-state index in [0.29, 0.717) is 17.7 Å². The normalized spacial score (nSPS) is 13.9. The summed E-state index contributed by atoms with van der Waals surface area (Å²) in [5, 5.41) is 14.6. The number of benzene rings is 2. The van der Waals surface area contributed by atoms with Crippen LogP contribution in [0.25, 0.3) is 10.8 Å². The second kappa shape index (κ2) is 5.51. The Morgan fingerprint density at radius 2 is 1.90 bits per heavy atom. The van der Waals surface area contributed by atoms with Crippen molar-refractivity contribution in [3.63, 3.8) is 0 Å². The highest BCUT2D eigenvalue weighted by Gasteiger charge is 2.19. The van der Waals surface area contributed by atoms with E-state index >= 15 is 0 Å². The van der Waals surface area contributed by atoms with Crippen molar-refractivity contribution in [1.82, 2.24) is 5.32 Å². The van der Waals surface area contributed by atoms with Crippen molar-refractivity contribution in [3.8, 4) is 0 Å². The maximum atomic E-state index is 12.2. The van der Waals surface area contributed by atoms with Crippen LogP contribution in [-0.4, -0.2) is 23.2 Å². The molecule has 0 aliphatic rings. The van der Waals surface area contributed by atoms with Crippen molar-refractivity contribution >= 4 is 22.4 Å². The molecule has 0 heterocycles. The molecule has 1 unspecified atom stereocenters. The van der Waals surface area contributed by atoms with Crippen molar-refractivity contribution < 1.29 is 9.90 Å². The molecule has 0 fully saturated rings. The van der Waals surface area contributed by atoms with Gasteiger partial charge in [-0.3, -0.25) is 4.79 Å². The number of nitrogens with one attached hydrogen (secondary N) is 1. The monoisotopic (exact) mass is 272 g/mol. The lowest BCUT2D eigenvalue weighted by Gasteiger charge is -2.21. The molecular weight excluding hydrogens is 252 g/mol. The summed E-state index contributed by atoms with van der Waals surface area (Å²) >= 11 is 0. The van der Waals surface area contributed by atoms with Crippen LogP contribution in [0.4, 0.5) is 5.69 Å². The van der Waals surface area contributed by atoms with Gasteiger partial charge in [0.25, 0.3) is 5.91 Å². The molecule has 0 aliphatic carbocycles. The van der Waals surface area contributed by atoms with Crippen molar-refractivity contribution in [3.05, 3.63) is 42.0 Å². The van der Waals surface area contributed by atoms with Gasteiger partial charge in [-0.1, -0.05) is 31.2 Å². The van der Waals surface area contributed by atoms with Gasteiger partial charge in [0.15, 0.2) is 0 Å². The minimum atomic E-state index is -0.902. The van der Waals surface area contributed by atoms with E-state index in [9.17, 15) is 9.90 Å². The van der Waals surface area contributed by atoms with E-state index in [-0.39, 0.29) is 12.5 Å². The molecule has 4 nitrogen and oxygen atoms in total. The van der Waals surface area contributed by atoms with Gasteiger partial charge in [-0.25, -0.2) is 0 Å². The largest absolute Gasteiger partial charge is 0.398 e. The first-order valence-corrected chi connectivity index (χ1v) is 6.72. The lowest BCUT2D eigenvalue weighted by Crippen LogP contribution is -2.40. The Labute approximate surface area is 118 Å². The molecule has 0 aromatic heterocycles. The molecule has 2 rings (SSSR count). The molecular formula is C16H20N2O2. The molecule has 0 spiro atoms. The molecule has 0 radical (unpaired) electrons. The van der Waals surface area contributed by atoms with Crippen LogP contribution in [0, 0.1) is 0 Å². The lowest BCUT2D eigenvalue weighted by molar-refractivity contribution is 0.0518. The van der Waals surface area contributed by atoms with Gasteiger partial charge in [0.1, 0.15) is 0 Å². The van der Waals surface area contributed by atoms with Gasteiger partial charge in [-0.05, 0) is 36.2 Å². The van der Waals surface area contributed by atoms with Crippen LogP contribution >= 0.6 is 0 Å². The van der Waals surface area contributed by atoms with E-state index in [1.165, 1.54) is 0 Å². The number of nitrogen functional groups attached to an aromatic ring is 1. The quantitative estimate of drug-likeness (QED) is 0.748. The average Bonchev–Trinajstić information content (AvgIpc) is 2.44. The number of nitrogens with two attached hydrogens (primary N) is 1. The first-order chi connectivity index (χ1) is 9.43. The predicted octanol–water partition coefficient (Wildman–Crippen LogP) is 2.31. The van der Waals surface area contributed by atoms with Gasteiger partial charge in [-0.2, -0.15) is 0 Å². The molecule has 0 aliphatic heterocycles. The van der Waals surface area contributed by atoms with Crippen LogP contribution in [0.2, 0.25) is 0 Å². The summed E-state index contributed by atoms with van der Waals surface area (Å²) in [6, 6.07) is 11.3. The molecule has 4 N–H and O–H groups in total. The fourth-order valence-electron chi connectivity index (χ4n) is 1.95. The first kappa shape index (κ1) is 14.3. The second-order valence-electron chi connectivity index (χ2n) is 5.32. The average molecular weight is 272 g/mol. The van der Waals surface area contributed by atoms with Gasteiger partial charge in [0.05, 0.1) is 11.2 Å². The van der Waals surface area contributed by atoms with Crippen LogP contribution in [0.1, 0.15) is 30.6 Å². The molecule has 2 aromatic carbocycles. The number of rotatable bonds is 4. The molecule has 20 heavy (non-hydrogen) atoms. The molecule has 0 saturated carbocycles. The van der Waals surface area contributed by atoms with Crippen molar-refractivity contribution in [2.45, 2.75) is 25.9 Å². The topological polar surface area (TPSA) is 75.3 Å². The van der Waals surface area contributed by atoms with Gasteiger partial charge in [0.2, 0.25) is 0 Å². The Hall–Kier alpha value is -2.07. The standard InChI is InChI=1S/C16H20N2O2/c1-3-16(2,20)10-18-15(19)13-8-11-6-4-5-7-12(11)9-14(13)17/h4-9,20H,3,10,17H2,1-2H3,(H,18,19). The molecule has 0 bridgehead atoms. The number of amides is 1. The van der Waals surface area contributed by atoms with Gasteiger partial charge in [-0.15, -0.1) is 0 Å². The maximum absolute atomic E-state index is 12.2. The molecule has 0 saturated heterocycles. The third-order valence-electron chi connectivity index (χ3n) is 3.55.